The number of hydrogen-bond donors (Lipinski definition) is 1. The predicted octanol–water partition coefficient (Wildman–Crippen LogP) is 4.13. The van der Waals surface area contributed by atoms with Gasteiger partial charge in [-0.1, -0.05) is 42.5 Å². The van der Waals surface area contributed by atoms with E-state index in [4.69, 9.17) is 9.47 Å². The Morgan fingerprint density at radius 3 is 2.35 bits per heavy atom. The van der Waals surface area contributed by atoms with Crippen molar-refractivity contribution in [3.05, 3.63) is 106 Å². The second-order valence-electron chi connectivity index (χ2n) is 6.95. The van der Waals surface area contributed by atoms with Gasteiger partial charge in [-0.3, -0.25) is 14.9 Å². The fourth-order valence-electron chi connectivity index (χ4n) is 2.71. The zero-order valence-electron chi connectivity index (χ0n) is 18.2. The van der Waals surface area contributed by atoms with Crippen molar-refractivity contribution in [3.8, 4) is 11.5 Å². The molecule has 0 aliphatic carbocycles. The van der Waals surface area contributed by atoms with E-state index in [0.29, 0.717) is 11.3 Å². The van der Waals surface area contributed by atoms with Gasteiger partial charge in [0.05, 0.1) is 11.1 Å². The van der Waals surface area contributed by atoms with Crippen molar-refractivity contribution < 1.29 is 24.0 Å². The van der Waals surface area contributed by atoms with Crippen molar-refractivity contribution in [2.45, 2.75) is 13.0 Å². The second-order valence-corrected chi connectivity index (χ2v) is 6.95. The quantitative estimate of drug-likeness (QED) is 0.128. The first-order chi connectivity index (χ1) is 16.4. The Morgan fingerprint density at radius 2 is 1.65 bits per heavy atom. The number of nitro benzene ring substituents is 1. The van der Waals surface area contributed by atoms with Crippen molar-refractivity contribution in [1.82, 2.24) is 5.43 Å². The summed E-state index contributed by atoms with van der Waals surface area (Å²) in [5, 5.41) is 14.9. The van der Waals surface area contributed by atoms with Crippen LogP contribution in [0, 0.1) is 10.1 Å². The minimum absolute atomic E-state index is 0.0112. The van der Waals surface area contributed by atoms with E-state index in [1.165, 1.54) is 37.4 Å². The van der Waals surface area contributed by atoms with Gasteiger partial charge in [-0.25, -0.2) is 10.2 Å². The molecular weight excluding hydrogens is 438 g/mol. The molecule has 0 fully saturated rings. The molecule has 1 atom stereocenters. The molecule has 1 amide bonds. The lowest BCUT2D eigenvalue weighted by atomic mass is 10.2. The maximum absolute atomic E-state index is 12.2. The van der Waals surface area contributed by atoms with Crippen molar-refractivity contribution >= 4 is 29.9 Å². The summed E-state index contributed by atoms with van der Waals surface area (Å²) in [4.78, 5) is 34.6. The van der Waals surface area contributed by atoms with Gasteiger partial charge < -0.3 is 9.47 Å². The highest BCUT2D eigenvalue weighted by Crippen LogP contribution is 2.26. The van der Waals surface area contributed by atoms with Gasteiger partial charge in [0.2, 0.25) is 0 Å². The number of nitrogens with zero attached hydrogens (tertiary/aromatic N) is 2. The average Bonchev–Trinajstić information content (AvgIpc) is 2.84. The second kappa shape index (κ2) is 11.7. The van der Waals surface area contributed by atoms with E-state index < -0.39 is 22.9 Å². The Morgan fingerprint density at radius 1 is 0.971 bits per heavy atom. The summed E-state index contributed by atoms with van der Waals surface area (Å²) in [7, 11) is 0. The number of esters is 1. The number of benzene rings is 3. The van der Waals surface area contributed by atoms with Crippen LogP contribution in [0.2, 0.25) is 0 Å². The highest BCUT2D eigenvalue weighted by atomic mass is 16.6. The molecule has 172 valence electrons. The Labute approximate surface area is 195 Å². The first-order valence-electron chi connectivity index (χ1n) is 10.2. The van der Waals surface area contributed by atoms with Crippen molar-refractivity contribution in [2.75, 3.05) is 0 Å². The third-order valence-electron chi connectivity index (χ3n) is 4.43. The van der Waals surface area contributed by atoms with Crippen LogP contribution in [0.15, 0.2) is 90.0 Å². The van der Waals surface area contributed by atoms with E-state index in [-0.39, 0.29) is 11.4 Å². The molecule has 3 aromatic rings. The molecule has 0 heterocycles. The average molecular weight is 459 g/mol. The number of carbonyl (C=O) groups excluding carboxylic acids is 2. The SMILES string of the molecule is CC(Oc1ccccc1[N+](=O)[O-])C(=O)N/N=C/c1ccc(OC(=O)/C=C/c2ccccc2)cc1. The molecule has 1 unspecified atom stereocenters. The zero-order chi connectivity index (χ0) is 24.3. The normalized spacial score (nSPS) is 11.8. The fourth-order valence-corrected chi connectivity index (χ4v) is 2.71. The number of hydrogen-bond acceptors (Lipinski definition) is 7. The highest BCUT2D eigenvalue weighted by Gasteiger charge is 2.20. The number of nitro groups is 1. The largest absolute Gasteiger partial charge is 0.474 e. The topological polar surface area (TPSA) is 120 Å². The van der Waals surface area contributed by atoms with Gasteiger partial charge >= 0.3 is 11.7 Å². The molecule has 1 N–H and O–H groups in total. The first kappa shape index (κ1) is 23.9. The summed E-state index contributed by atoms with van der Waals surface area (Å²) in [6.45, 7) is 1.46. The van der Waals surface area contributed by atoms with E-state index in [9.17, 15) is 19.7 Å². The predicted molar refractivity (Wildman–Crippen MR) is 126 cm³/mol. The summed E-state index contributed by atoms with van der Waals surface area (Å²) in [6.07, 6.45) is 3.39. The number of rotatable bonds is 9. The molecule has 34 heavy (non-hydrogen) atoms. The standard InChI is InChI=1S/C25H21N3O6/c1-18(33-23-10-6-5-9-22(23)28(31)32)25(30)27-26-17-20-11-14-21(15-12-20)34-24(29)16-13-19-7-3-2-4-8-19/h2-18H,1H3,(H,27,30)/b16-13+,26-17+. The summed E-state index contributed by atoms with van der Waals surface area (Å²) in [5.74, 6) is -0.742. The molecule has 9 heteroatoms. The van der Waals surface area contributed by atoms with Gasteiger partial charge in [0.25, 0.3) is 5.91 Å². The fraction of sp³-hybridized carbons (Fsp3) is 0.0800. The van der Waals surface area contributed by atoms with Crippen LogP contribution in [0.1, 0.15) is 18.1 Å². The third-order valence-corrected chi connectivity index (χ3v) is 4.43. The summed E-state index contributed by atoms with van der Waals surface area (Å²) < 4.78 is 10.6. The van der Waals surface area contributed by atoms with Gasteiger partial charge in [-0.15, -0.1) is 0 Å². The summed E-state index contributed by atoms with van der Waals surface area (Å²) >= 11 is 0. The molecule has 0 radical (unpaired) electrons. The van der Waals surface area contributed by atoms with Crippen molar-refractivity contribution in [1.29, 1.82) is 0 Å². The number of hydrazone groups is 1. The van der Waals surface area contributed by atoms with Crippen LogP contribution in [0.4, 0.5) is 5.69 Å². The highest BCUT2D eigenvalue weighted by molar-refractivity contribution is 5.89. The zero-order valence-corrected chi connectivity index (χ0v) is 18.2. The lowest BCUT2D eigenvalue weighted by molar-refractivity contribution is -0.386. The van der Waals surface area contributed by atoms with E-state index in [1.807, 2.05) is 30.3 Å². The maximum Gasteiger partial charge on any atom is 0.336 e. The lowest BCUT2D eigenvalue weighted by Crippen LogP contribution is -2.33. The summed E-state index contributed by atoms with van der Waals surface area (Å²) in [6, 6.07) is 21.7. The number of amides is 1. The van der Waals surface area contributed by atoms with Gasteiger partial charge in [0.15, 0.2) is 11.9 Å². The van der Waals surface area contributed by atoms with Crippen molar-refractivity contribution in [3.63, 3.8) is 0 Å². The first-order valence-corrected chi connectivity index (χ1v) is 10.2. The number of ether oxygens (including phenoxy) is 2. The molecule has 0 spiro atoms. The number of nitrogens with one attached hydrogen (secondary N) is 1. The minimum atomic E-state index is -1.01. The number of para-hydroxylation sites is 2. The van der Waals surface area contributed by atoms with Crippen LogP contribution in [-0.4, -0.2) is 29.1 Å². The number of carbonyl (C=O) groups is 2. The lowest BCUT2D eigenvalue weighted by Gasteiger charge is -2.12. The van der Waals surface area contributed by atoms with Crippen LogP contribution in [0.3, 0.4) is 0 Å². The van der Waals surface area contributed by atoms with E-state index in [0.717, 1.165) is 5.56 Å². The maximum atomic E-state index is 12.2. The third kappa shape index (κ3) is 7.13. The molecule has 3 aromatic carbocycles. The van der Waals surface area contributed by atoms with E-state index >= 15 is 0 Å². The van der Waals surface area contributed by atoms with Crippen LogP contribution < -0.4 is 14.9 Å². The van der Waals surface area contributed by atoms with Gasteiger partial charge in [-0.05, 0) is 54.5 Å². The molecule has 0 saturated heterocycles. The Hall–Kier alpha value is -4.79. The van der Waals surface area contributed by atoms with Gasteiger partial charge in [0, 0.05) is 12.1 Å². The van der Waals surface area contributed by atoms with Crippen LogP contribution >= 0.6 is 0 Å². The van der Waals surface area contributed by atoms with Crippen LogP contribution in [-0.2, 0) is 9.59 Å². The van der Waals surface area contributed by atoms with Crippen LogP contribution in [0.25, 0.3) is 6.08 Å². The molecule has 0 aliphatic rings. The minimum Gasteiger partial charge on any atom is -0.474 e. The molecule has 0 aliphatic heterocycles. The summed E-state index contributed by atoms with van der Waals surface area (Å²) in [5.41, 5.74) is 3.62. The molecule has 3 rings (SSSR count). The Balaban J connectivity index is 1.49. The Bertz CT molecular complexity index is 1210. The smallest absolute Gasteiger partial charge is 0.336 e. The van der Waals surface area contributed by atoms with Gasteiger partial charge in [0.1, 0.15) is 5.75 Å². The molecule has 0 bridgehead atoms. The van der Waals surface area contributed by atoms with E-state index in [2.05, 4.69) is 10.5 Å². The molecule has 0 saturated carbocycles. The van der Waals surface area contributed by atoms with Crippen molar-refractivity contribution in [2.24, 2.45) is 5.10 Å². The van der Waals surface area contributed by atoms with Crippen LogP contribution in [0.5, 0.6) is 11.5 Å². The van der Waals surface area contributed by atoms with E-state index in [1.54, 1.807) is 36.4 Å². The monoisotopic (exact) mass is 459 g/mol. The van der Waals surface area contributed by atoms with Gasteiger partial charge in [-0.2, -0.15) is 5.10 Å². The molecular formula is C25H21N3O6. The molecule has 0 aromatic heterocycles. The Kier molecular flexibility index (Phi) is 8.23. The molecule has 9 nitrogen and oxygen atoms in total.